The van der Waals surface area contributed by atoms with Crippen LogP contribution in [0.2, 0.25) is 0 Å². The van der Waals surface area contributed by atoms with Crippen LogP contribution in [0.1, 0.15) is 408 Å². The molecule has 3 N–H and O–H groups in total. The summed E-state index contributed by atoms with van der Waals surface area (Å²) in [6.45, 7) is 12.0. The van der Waals surface area contributed by atoms with Gasteiger partial charge in [0.15, 0.2) is 12.2 Å². The number of hydrogen-bond donors (Lipinski definition) is 3. The highest BCUT2D eigenvalue weighted by Gasteiger charge is 2.30. The van der Waals surface area contributed by atoms with Crippen LogP contribution in [0.15, 0.2) is 0 Å². The molecule has 0 bridgehead atoms. The van der Waals surface area contributed by atoms with Gasteiger partial charge in [-0.1, -0.05) is 357 Å². The van der Waals surface area contributed by atoms with Crippen LogP contribution in [-0.2, 0) is 65.4 Å². The zero-order valence-corrected chi connectivity index (χ0v) is 66.0. The first-order valence-electron chi connectivity index (χ1n) is 40.9. The summed E-state index contributed by atoms with van der Waals surface area (Å²) in [5, 5.41) is 10.6. The Morgan fingerprint density at radius 2 is 0.520 bits per heavy atom. The molecule has 0 amide bonds. The number of phosphoric acid groups is 2. The lowest BCUT2D eigenvalue weighted by molar-refractivity contribution is -0.161. The van der Waals surface area contributed by atoms with Gasteiger partial charge >= 0.3 is 39.5 Å². The van der Waals surface area contributed by atoms with Crippen LogP contribution >= 0.6 is 15.6 Å². The molecule has 0 heterocycles. The maximum Gasteiger partial charge on any atom is 0.472 e. The van der Waals surface area contributed by atoms with Gasteiger partial charge in [0.1, 0.15) is 19.3 Å². The summed E-state index contributed by atoms with van der Waals surface area (Å²) in [6.07, 6.45) is 56.7. The lowest BCUT2D eigenvalue weighted by atomic mass is 9.99. The summed E-state index contributed by atoms with van der Waals surface area (Å²) in [6, 6.07) is 0. The fraction of sp³-hybridized carbons (Fsp3) is 0.949. The molecule has 582 valence electrons. The predicted octanol–water partition coefficient (Wildman–Crippen LogP) is 23.4. The van der Waals surface area contributed by atoms with Crippen LogP contribution in [0.4, 0.5) is 0 Å². The number of phosphoric ester groups is 2. The number of aliphatic hydroxyl groups excluding tert-OH is 1. The molecule has 0 aliphatic heterocycles. The van der Waals surface area contributed by atoms with Crippen molar-refractivity contribution in [1.29, 1.82) is 0 Å². The fourth-order valence-corrected chi connectivity index (χ4v) is 13.7. The SMILES string of the molecule is CCCCCCCCCCCCCCCC(=O)O[C@H](COC(=O)CCCCCCCCCCCC(C)C)COP(=O)(O)OC[C@H](O)COP(=O)(O)OC[C@@H](COC(=O)CCCCCCCCCCCCCCC(C)C)OC(=O)CCCCCCCCCCCCCCCCC(C)CC. The molecule has 0 aromatic carbocycles. The number of esters is 4. The van der Waals surface area contributed by atoms with E-state index in [4.69, 9.17) is 37.0 Å². The Morgan fingerprint density at radius 1 is 0.296 bits per heavy atom. The monoisotopic (exact) mass is 1440 g/mol. The van der Waals surface area contributed by atoms with E-state index in [1.807, 2.05) is 0 Å². The minimum absolute atomic E-state index is 0.107. The van der Waals surface area contributed by atoms with Crippen LogP contribution in [-0.4, -0.2) is 96.7 Å². The van der Waals surface area contributed by atoms with Gasteiger partial charge in [-0.2, -0.15) is 0 Å². The number of carbonyl (C=O) groups excluding carboxylic acids is 4. The first kappa shape index (κ1) is 96.1. The Bertz CT molecular complexity index is 1910. The van der Waals surface area contributed by atoms with Gasteiger partial charge in [0.05, 0.1) is 26.4 Å². The summed E-state index contributed by atoms with van der Waals surface area (Å²) in [5.74, 6) is 0.260. The van der Waals surface area contributed by atoms with Crippen molar-refractivity contribution in [3.05, 3.63) is 0 Å². The van der Waals surface area contributed by atoms with Gasteiger partial charge in [-0.05, 0) is 43.4 Å². The minimum atomic E-state index is -4.96. The van der Waals surface area contributed by atoms with Gasteiger partial charge in [-0.15, -0.1) is 0 Å². The van der Waals surface area contributed by atoms with Crippen LogP contribution in [0.5, 0.6) is 0 Å². The Kier molecular flexibility index (Phi) is 68.1. The molecule has 0 aliphatic rings. The molecular formula is C79H154O17P2. The highest BCUT2D eigenvalue weighted by Crippen LogP contribution is 2.45. The summed E-state index contributed by atoms with van der Waals surface area (Å²) in [5.41, 5.74) is 0. The lowest BCUT2D eigenvalue weighted by Gasteiger charge is -2.21. The molecule has 0 aromatic heterocycles. The van der Waals surface area contributed by atoms with Crippen molar-refractivity contribution < 1.29 is 80.2 Å². The number of ether oxygens (including phenoxy) is 4. The van der Waals surface area contributed by atoms with Gasteiger partial charge < -0.3 is 33.8 Å². The van der Waals surface area contributed by atoms with Crippen LogP contribution < -0.4 is 0 Å². The van der Waals surface area contributed by atoms with Gasteiger partial charge in [-0.25, -0.2) is 9.13 Å². The van der Waals surface area contributed by atoms with E-state index < -0.39 is 97.5 Å². The Hall–Kier alpha value is -1.94. The van der Waals surface area contributed by atoms with E-state index in [0.717, 1.165) is 108 Å². The third-order valence-corrected chi connectivity index (χ3v) is 20.6. The van der Waals surface area contributed by atoms with Crippen molar-refractivity contribution in [3.8, 4) is 0 Å². The molecule has 3 unspecified atom stereocenters. The third kappa shape index (κ3) is 71.1. The smallest absolute Gasteiger partial charge is 0.462 e. The lowest BCUT2D eigenvalue weighted by Crippen LogP contribution is -2.30. The van der Waals surface area contributed by atoms with Gasteiger partial charge in [0, 0.05) is 25.7 Å². The molecule has 6 atom stereocenters. The number of unbranched alkanes of at least 4 members (excludes halogenated alkanes) is 44. The van der Waals surface area contributed by atoms with Gasteiger partial charge in [0.2, 0.25) is 0 Å². The molecular weight excluding hydrogens is 1280 g/mol. The van der Waals surface area contributed by atoms with Crippen LogP contribution in [0.3, 0.4) is 0 Å². The minimum Gasteiger partial charge on any atom is -0.462 e. The molecule has 0 radical (unpaired) electrons. The average Bonchev–Trinajstić information content (AvgIpc) is 0.927. The topological polar surface area (TPSA) is 237 Å². The van der Waals surface area contributed by atoms with Gasteiger partial charge in [0.25, 0.3) is 0 Å². The average molecular weight is 1440 g/mol. The maximum absolute atomic E-state index is 13.1. The standard InChI is InChI=1S/C79H154O17P2/c1-8-10-11-12-13-14-15-18-26-33-41-48-55-62-78(83)96-75(67-90-77(82)61-54-47-40-35-28-30-37-44-51-58-71(5)6)69-94-98(87,88)92-65-73(80)64-91-97(85,86)93-68-74(66-89-76(81)60-53-46-39-32-25-22-21-23-29-36-43-50-57-70(3)4)95-79(84)63-56-49-42-34-27-20-17-16-19-24-31-38-45-52-59-72(7)9-2/h70-75,80H,8-69H2,1-7H3,(H,85,86)(H,87,88)/t72?,73-,74-,75-/m1/s1. The number of rotatable bonds is 77. The van der Waals surface area contributed by atoms with Crippen molar-refractivity contribution >= 4 is 39.5 Å². The normalized spacial score (nSPS) is 14.3. The van der Waals surface area contributed by atoms with Crippen LogP contribution in [0.25, 0.3) is 0 Å². The van der Waals surface area contributed by atoms with E-state index in [2.05, 4.69) is 48.5 Å². The van der Waals surface area contributed by atoms with Crippen molar-refractivity contribution in [2.75, 3.05) is 39.6 Å². The highest BCUT2D eigenvalue weighted by atomic mass is 31.2. The van der Waals surface area contributed by atoms with Crippen molar-refractivity contribution in [2.45, 2.75) is 426 Å². The van der Waals surface area contributed by atoms with E-state index in [9.17, 15) is 43.2 Å². The second-order valence-corrected chi connectivity index (χ2v) is 32.6. The Balaban J connectivity index is 5.26. The fourth-order valence-electron chi connectivity index (χ4n) is 12.1. The summed E-state index contributed by atoms with van der Waals surface area (Å²) < 4.78 is 68.7. The first-order chi connectivity index (χ1) is 47.3. The summed E-state index contributed by atoms with van der Waals surface area (Å²) in [7, 11) is -9.92. The first-order valence-corrected chi connectivity index (χ1v) is 43.9. The molecule has 0 aromatic rings. The van der Waals surface area contributed by atoms with E-state index >= 15 is 0 Å². The van der Waals surface area contributed by atoms with E-state index in [1.165, 1.54) is 218 Å². The molecule has 0 spiro atoms. The molecule has 0 fully saturated rings. The van der Waals surface area contributed by atoms with Crippen LogP contribution in [0, 0.1) is 17.8 Å². The Morgan fingerprint density at radius 3 is 0.776 bits per heavy atom. The zero-order valence-electron chi connectivity index (χ0n) is 64.3. The number of hydrogen-bond acceptors (Lipinski definition) is 15. The second-order valence-electron chi connectivity index (χ2n) is 29.6. The van der Waals surface area contributed by atoms with E-state index in [0.29, 0.717) is 25.7 Å². The predicted molar refractivity (Wildman–Crippen MR) is 400 cm³/mol. The molecule has 17 nitrogen and oxygen atoms in total. The quantitative estimate of drug-likeness (QED) is 0.0222. The van der Waals surface area contributed by atoms with Gasteiger partial charge in [-0.3, -0.25) is 37.3 Å². The summed E-state index contributed by atoms with van der Waals surface area (Å²) in [4.78, 5) is 73.0. The largest absolute Gasteiger partial charge is 0.472 e. The molecule has 0 aliphatic carbocycles. The molecule has 98 heavy (non-hydrogen) atoms. The van der Waals surface area contributed by atoms with Crippen molar-refractivity contribution in [2.24, 2.45) is 17.8 Å². The summed E-state index contributed by atoms with van der Waals surface area (Å²) >= 11 is 0. The van der Waals surface area contributed by atoms with E-state index in [1.54, 1.807) is 0 Å². The molecule has 0 saturated heterocycles. The van der Waals surface area contributed by atoms with Crippen molar-refractivity contribution in [1.82, 2.24) is 0 Å². The Labute approximate surface area is 600 Å². The maximum atomic E-state index is 13.1. The zero-order chi connectivity index (χ0) is 72.3. The molecule has 19 heteroatoms. The molecule has 0 rings (SSSR count). The number of aliphatic hydroxyl groups is 1. The van der Waals surface area contributed by atoms with Crippen molar-refractivity contribution in [3.63, 3.8) is 0 Å². The third-order valence-electron chi connectivity index (χ3n) is 18.7. The highest BCUT2D eigenvalue weighted by molar-refractivity contribution is 7.47. The second kappa shape index (κ2) is 69.4. The van der Waals surface area contributed by atoms with E-state index in [-0.39, 0.29) is 25.7 Å². The molecule has 0 saturated carbocycles. The number of carbonyl (C=O) groups is 4.